The smallest absolute Gasteiger partial charge is 0.229 e. The van der Waals surface area contributed by atoms with Gasteiger partial charge in [0.05, 0.1) is 11.4 Å². The Morgan fingerprint density at radius 1 is 1.00 bits per heavy atom. The molecule has 128 valence electrons. The first-order chi connectivity index (χ1) is 12.2. The second-order valence-electron chi connectivity index (χ2n) is 5.89. The van der Waals surface area contributed by atoms with E-state index in [2.05, 4.69) is 34.4 Å². The number of nitrogens with one attached hydrogen (secondary N) is 2. The molecule has 1 atom stereocenters. The van der Waals surface area contributed by atoms with Gasteiger partial charge in [-0.05, 0) is 25.5 Å². The zero-order valence-electron chi connectivity index (χ0n) is 14.3. The monoisotopic (exact) mass is 336 g/mol. The molecule has 5 heteroatoms. The Labute approximate surface area is 147 Å². The number of hydrogen-bond acceptors (Lipinski definition) is 4. The summed E-state index contributed by atoms with van der Waals surface area (Å²) in [5.74, 6) is 0.729. The minimum absolute atomic E-state index is 0.278. The van der Waals surface area contributed by atoms with Crippen molar-refractivity contribution < 1.29 is 4.39 Å². The molecule has 2 aromatic carbocycles. The highest BCUT2D eigenvalue weighted by molar-refractivity contribution is 5.66. The molecular formula is C20H21FN4. The third-order valence-electron chi connectivity index (χ3n) is 3.92. The van der Waals surface area contributed by atoms with Gasteiger partial charge in [0, 0.05) is 17.7 Å². The van der Waals surface area contributed by atoms with Gasteiger partial charge in [-0.15, -0.1) is 0 Å². The van der Waals surface area contributed by atoms with Gasteiger partial charge < -0.3 is 10.6 Å². The second kappa shape index (κ2) is 7.75. The lowest BCUT2D eigenvalue weighted by atomic mass is 10.1. The minimum Gasteiger partial charge on any atom is -0.367 e. The molecule has 0 aliphatic rings. The van der Waals surface area contributed by atoms with Crippen LogP contribution >= 0.6 is 0 Å². The van der Waals surface area contributed by atoms with Crippen LogP contribution < -0.4 is 10.6 Å². The number of para-hydroxylation sites is 1. The molecule has 0 saturated heterocycles. The highest BCUT2D eigenvalue weighted by Gasteiger charge is 2.10. The fourth-order valence-corrected chi connectivity index (χ4v) is 2.37. The lowest BCUT2D eigenvalue weighted by Gasteiger charge is -2.15. The molecule has 0 aliphatic heterocycles. The van der Waals surface area contributed by atoms with E-state index in [4.69, 9.17) is 0 Å². The largest absolute Gasteiger partial charge is 0.367 e. The normalized spacial score (nSPS) is 11.8. The van der Waals surface area contributed by atoms with Gasteiger partial charge in [0.15, 0.2) is 0 Å². The molecule has 0 amide bonds. The van der Waals surface area contributed by atoms with Gasteiger partial charge in [0.2, 0.25) is 5.95 Å². The van der Waals surface area contributed by atoms with Crippen molar-refractivity contribution in [2.45, 2.75) is 26.3 Å². The van der Waals surface area contributed by atoms with E-state index in [0.717, 1.165) is 17.7 Å². The van der Waals surface area contributed by atoms with E-state index in [0.29, 0.717) is 17.5 Å². The van der Waals surface area contributed by atoms with Crippen LogP contribution in [-0.4, -0.2) is 16.0 Å². The van der Waals surface area contributed by atoms with Crippen LogP contribution in [0.15, 0.2) is 60.7 Å². The molecule has 0 fully saturated rings. The molecule has 3 aromatic rings. The van der Waals surface area contributed by atoms with Gasteiger partial charge in [0.25, 0.3) is 0 Å². The zero-order valence-corrected chi connectivity index (χ0v) is 14.3. The van der Waals surface area contributed by atoms with Gasteiger partial charge in [-0.25, -0.2) is 9.37 Å². The van der Waals surface area contributed by atoms with Crippen LogP contribution in [0.2, 0.25) is 0 Å². The molecular weight excluding hydrogens is 315 g/mol. The average molecular weight is 336 g/mol. The number of nitrogens with zero attached hydrogens (tertiary/aromatic N) is 2. The molecule has 0 saturated carbocycles. The maximum atomic E-state index is 13.9. The summed E-state index contributed by atoms with van der Waals surface area (Å²) in [5, 5.41) is 6.33. The minimum atomic E-state index is -0.340. The number of rotatable bonds is 6. The molecule has 2 N–H and O–H groups in total. The second-order valence-corrected chi connectivity index (χ2v) is 5.89. The molecule has 0 radical (unpaired) electrons. The Bertz CT molecular complexity index is 836. The van der Waals surface area contributed by atoms with Crippen LogP contribution in [0.25, 0.3) is 11.3 Å². The molecule has 1 aromatic heterocycles. The lowest BCUT2D eigenvalue weighted by Crippen LogP contribution is -2.15. The van der Waals surface area contributed by atoms with E-state index in [9.17, 15) is 4.39 Å². The van der Waals surface area contributed by atoms with Crippen molar-refractivity contribution in [3.63, 3.8) is 0 Å². The topological polar surface area (TPSA) is 49.8 Å². The Morgan fingerprint density at radius 2 is 1.72 bits per heavy atom. The van der Waals surface area contributed by atoms with Crippen LogP contribution in [-0.2, 0) is 0 Å². The molecule has 0 spiro atoms. The quantitative estimate of drug-likeness (QED) is 0.646. The van der Waals surface area contributed by atoms with Crippen LogP contribution in [0.3, 0.4) is 0 Å². The zero-order chi connectivity index (χ0) is 17.6. The molecule has 4 nitrogen and oxygen atoms in total. The van der Waals surface area contributed by atoms with Crippen molar-refractivity contribution in [2.24, 2.45) is 0 Å². The Hall–Kier alpha value is -2.95. The standard InChI is InChI=1S/C20H21FN4/c1-3-14(2)22-19-13-18(15-9-5-4-6-10-15)24-20(25-19)23-17-12-8-7-11-16(17)21/h4-14H,3H2,1-2H3,(H2,22,23,24,25). The molecule has 25 heavy (non-hydrogen) atoms. The fourth-order valence-electron chi connectivity index (χ4n) is 2.37. The van der Waals surface area contributed by atoms with Gasteiger partial charge in [-0.2, -0.15) is 4.98 Å². The maximum absolute atomic E-state index is 13.9. The number of benzene rings is 2. The van der Waals surface area contributed by atoms with E-state index in [1.165, 1.54) is 6.07 Å². The van der Waals surface area contributed by atoms with Crippen LogP contribution in [0, 0.1) is 5.82 Å². The number of halogens is 1. The predicted octanol–water partition coefficient (Wildman–Crippen LogP) is 5.24. The highest BCUT2D eigenvalue weighted by atomic mass is 19.1. The highest BCUT2D eigenvalue weighted by Crippen LogP contribution is 2.24. The maximum Gasteiger partial charge on any atom is 0.229 e. The summed E-state index contributed by atoms with van der Waals surface area (Å²) in [6.07, 6.45) is 0.973. The van der Waals surface area contributed by atoms with Crippen molar-refractivity contribution in [1.82, 2.24) is 9.97 Å². The number of aromatic nitrogens is 2. The average Bonchev–Trinajstić information content (AvgIpc) is 2.64. The first kappa shape index (κ1) is 16.9. The Morgan fingerprint density at radius 3 is 2.44 bits per heavy atom. The van der Waals surface area contributed by atoms with Gasteiger partial charge >= 0.3 is 0 Å². The van der Waals surface area contributed by atoms with Gasteiger partial charge in [0.1, 0.15) is 11.6 Å². The van der Waals surface area contributed by atoms with Gasteiger partial charge in [-0.1, -0.05) is 49.4 Å². The van der Waals surface area contributed by atoms with Crippen molar-refractivity contribution in [1.29, 1.82) is 0 Å². The van der Waals surface area contributed by atoms with Crippen molar-refractivity contribution in [2.75, 3.05) is 10.6 Å². The van der Waals surface area contributed by atoms with Crippen molar-refractivity contribution >= 4 is 17.5 Å². The summed E-state index contributed by atoms with van der Waals surface area (Å²) in [6.45, 7) is 4.20. The molecule has 1 unspecified atom stereocenters. The predicted molar refractivity (Wildman–Crippen MR) is 101 cm³/mol. The lowest BCUT2D eigenvalue weighted by molar-refractivity contribution is 0.631. The number of hydrogen-bond donors (Lipinski definition) is 2. The summed E-state index contributed by atoms with van der Waals surface area (Å²) >= 11 is 0. The van der Waals surface area contributed by atoms with E-state index in [1.807, 2.05) is 36.4 Å². The molecule has 1 heterocycles. The summed E-state index contributed by atoms with van der Waals surface area (Å²) < 4.78 is 13.9. The summed E-state index contributed by atoms with van der Waals surface area (Å²) in [6, 6.07) is 18.5. The van der Waals surface area contributed by atoms with E-state index < -0.39 is 0 Å². The molecule has 3 rings (SSSR count). The Kier molecular flexibility index (Phi) is 5.23. The summed E-state index contributed by atoms with van der Waals surface area (Å²) in [4.78, 5) is 9.03. The van der Waals surface area contributed by atoms with E-state index in [-0.39, 0.29) is 11.9 Å². The molecule has 0 aliphatic carbocycles. The van der Waals surface area contributed by atoms with Crippen LogP contribution in [0.1, 0.15) is 20.3 Å². The third-order valence-corrected chi connectivity index (χ3v) is 3.92. The molecule has 0 bridgehead atoms. The Balaban J connectivity index is 1.99. The van der Waals surface area contributed by atoms with E-state index in [1.54, 1.807) is 18.2 Å². The van der Waals surface area contributed by atoms with Gasteiger partial charge in [-0.3, -0.25) is 0 Å². The summed E-state index contributed by atoms with van der Waals surface area (Å²) in [5.41, 5.74) is 2.11. The third kappa shape index (κ3) is 4.32. The van der Waals surface area contributed by atoms with E-state index >= 15 is 0 Å². The fraction of sp³-hybridized carbons (Fsp3) is 0.200. The first-order valence-corrected chi connectivity index (χ1v) is 8.38. The van der Waals surface area contributed by atoms with Crippen molar-refractivity contribution in [3.05, 3.63) is 66.5 Å². The van der Waals surface area contributed by atoms with Crippen LogP contribution in [0.5, 0.6) is 0 Å². The first-order valence-electron chi connectivity index (χ1n) is 8.38. The number of anilines is 3. The van der Waals surface area contributed by atoms with Crippen LogP contribution in [0.4, 0.5) is 21.8 Å². The summed E-state index contributed by atoms with van der Waals surface area (Å²) in [7, 11) is 0. The van der Waals surface area contributed by atoms with Crippen molar-refractivity contribution in [3.8, 4) is 11.3 Å². The SMILES string of the molecule is CCC(C)Nc1cc(-c2ccccc2)nc(Nc2ccccc2F)n1.